The second kappa shape index (κ2) is 31.0. The Hall–Kier alpha value is -4.23. The summed E-state index contributed by atoms with van der Waals surface area (Å²) in [6.07, 6.45) is 7.07. The van der Waals surface area contributed by atoms with Gasteiger partial charge in [0.25, 0.3) is 0 Å². The van der Waals surface area contributed by atoms with Gasteiger partial charge < -0.3 is 10.2 Å². The first-order chi connectivity index (χ1) is 18.2. The molecule has 0 saturated carbocycles. The Labute approximate surface area is 260 Å². The number of hydrogen-bond donors (Lipinski definition) is 0. The first-order valence-corrected chi connectivity index (χ1v) is 11.0. The second-order valence-corrected chi connectivity index (χ2v) is 6.48. The number of nitrogens with zero attached hydrogens (tertiary/aromatic N) is 6. The van der Waals surface area contributed by atoms with Gasteiger partial charge in [-0.2, -0.15) is 10.5 Å². The normalized spacial score (nSPS) is 7.45. The van der Waals surface area contributed by atoms with Crippen molar-refractivity contribution in [2.45, 2.75) is 27.7 Å². The summed E-state index contributed by atoms with van der Waals surface area (Å²) in [6, 6.07) is 26.7. The summed E-state index contributed by atoms with van der Waals surface area (Å²) in [4.78, 5) is 32.0. The zero-order valence-corrected chi connectivity index (χ0v) is 25.8. The molecule has 0 aliphatic heterocycles. The van der Waals surface area contributed by atoms with Crippen molar-refractivity contribution in [3.63, 3.8) is 0 Å². The van der Waals surface area contributed by atoms with Crippen LogP contribution in [0.5, 0.6) is 0 Å². The van der Waals surface area contributed by atoms with Crippen molar-refractivity contribution in [3.8, 4) is 34.9 Å². The van der Waals surface area contributed by atoms with E-state index in [9.17, 15) is 0 Å². The molecule has 4 aromatic heterocycles. The molecule has 0 saturated heterocycles. The smallest absolute Gasteiger partial charge is 0.524 e. The van der Waals surface area contributed by atoms with Crippen LogP contribution in [0.1, 0.15) is 27.7 Å². The van der Waals surface area contributed by atoms with Crippen LogP contribution in [0.4, 0.5) is 0 Å². The molecular weight excluding hydrogens is 690 g/mol. The van der Waals surface area contributed by atoms with Crippen molar-refractivity contribution in [2.24, 2.45) is 0 Å². The van der Waals surface area contributed by atoms with E-state index in [4.69, 9.17) is 30.3 Å². The van der Waals surface area contributed by atoms with E-state index in [1.165, 1.54) is 27.7 Å². The summed E-state index contributed by atoms with van der Waals surface area (Å²) in [6.45, 7) is 5.47. The number of rotatable bonds is 2. The molecule has 0 aliphatic carbocycles. The SMILES string of the molecule is CC#N.CC#N.CC(=[OH+])[OH2+].CC(=[OH+])[OH2+].[Rh+2].[Rh+2].c1ccc(-c2ccccn2)nc1.c1ccc(-c2ccccn2)nc1. The summed E-state index contributed by atoms with van der Waals surface area (Å²) < 4.78 is 0. The van der Waals surface area contributed by atoms with Crippen LogP contribution in [0.15, 0.2) is 97.6 Å². The molecule has 12 heteroatoms. The van der Waals surface area contributed by atoms with E-state index in [2.05, 4.69) is 19.9 Å². The van der Waals surface area contributed by atoms with Gasteiger partial charge in [-0.3, -0.25) is 19.9 Å². The third-order valence-electron chi connectivity index (χ3n) is 3.18. The van der Waals surface area contributed by atoms with Crippen LogP contribution in [-0.4, -0.2) is 51.7 Å². The molecular formula is C28H34N6O4Rh2+8. The predicted molar refractivity (Wildman–Crippen MR) is 150 cm³/mol. The quantitative estimate of drug-likeness (QED) is 0.223. The number of pyridine rings is 4. The van der Waals surface area contributed by atoms with E-state index in [0.29, 0.717) is 0 Å². The fourth-order valence-corrected chi connectivity index (χ4v) is 2.06. The van der Waals surface area contributed by atoms with Gasteiger partial charge in [-0.15, -0.1) is 0 Å². The summed E-state index contributed by atoms with van der Waals surface area (Å²) >= 11 is 0. The van der Waals surface area contributed by atoms with Crippen molar-refractivity contribution in [3.05, 3.63) is 97.6 Å². The van der Waals surface area contributed by atoms with Gasteiger partial charge in [-0.05, 0) is 48.5 Å². The van der Waals surface area contributed by atoms with Crippen LogP contribution in [0.2, 0.25) is 0 Å². The van der Waals surface area contributed by atoms with Gasteiger partial charge in [0, 0.05) is 38.6 Å². The van der Waals surface area contributed by atoms with Crippen LogP contribution in [0, 0.1) is 22.7 Å². The van der Waals surface area contributed by atoms with E-state index in [-0.39, 0.29) is 50.9 Å². The van der Waals surface area contributed by atoms with Gasteiger partial charge in [0.15, 0.2) is 0 Å². The Balaban J connectivity index is -0.000000217. The Morgan fingerprint density at radius 1 is 0.550 bits per heavy atom. The van der Waals surface area contributed by atoms with E-state index >= 15 is 0 Å². The summed E-state index contributed by atoms with van der Waals surface area (Å²) in [5.41, 5.74) is 3.66. The van der Waals surface area contributed by atoms with Crippen LogP contribution >= 0.6 is 0 Å². The fraction of sp³-hybridized carbons (Fsp3) is 0.143. The largest absolute Gasteiger partial charge is 2.00 e. The van der Waals surface area contributed by atoms with Crippen molar-refractivity contribution < 1.29 is 58.8 Å². The summed E-state index contributed by atoms with van der Waals surface area (Å²) in [5.74, 6) is -0.667. The summed E-state index contributed by atoms with van der Waals surface area (Å²) in [7, 11) is 0. The molecule has 0 bridgehead atoms. The second-order valence-electron chi connectivity index (χ2n) is 6.48. The maximum atomic E-state index is 7.64. The molecule has 2 radical (unpaired) electrons. The Morgan fingerprint density at radius 3 is 0.800 bits per heavy atom. The number of hydrogen-bond acceptors (Lipinski definition) is 6. The maximum Gasteiger partial charge on any atom is 2.00 e. The number of carbonyl (C=O) groups excluding carboxylic acids is 2. The topological polar surface area (TPSA) is 188 Å². The maximum absolute atomic E-state index is 7.64. The van der Waals surface area contributed by atoms with Crippen molar-refractivity contribution >= 4 is 11.9 Å². The molecule has 4 rings (SSSR count). The average molecular weight is 724 g/mol. The molecule has 0 aliphatic rings. The minimum absolute atomic E-state index is 0. The van der Waals surface area contributed by atoms with Crippen LogP contribution in [0.25, 0.3) is 22.8 Å². The standard InChI is InChI=1S/2C10H8N2.2C2H3N.2C2H4O2.2Rh/c2*1-3-7-11-9(5-1)10-6-2-4-8-12-10;2*1-2-3;2*1-2(3)4;;/h2*1-8H;2*1H3;2*1H3,(H,3,4);;/q;;;;;;2*+2/p+4. The van der Waals surface area contributed by atoms with Crippen molar-refractivity contribution in [1.82, 2.24) is 19.9 Å². The molecule has 4 aromatic rings. The molecule has 4 heterocycles. The molecule has 0 fully saturated rings. The van der Waals surface area contributed by atoms with Gasteiger partial charge in [0.1, 0.15) is 13.8 Å². The Bertz CT molecular complexity index is 1040. The van der Waals surface area contributed by atoms with Crippen molar-refractivity contribution in [1.29, 1.82) is 10.5 Å². The van der Waals surface area contributed by atoms with Crippen LogP contribution < -0.4 is 0 Å². The van der Waals surface area contributed by atoms with Gasteiger partial charge in [0.05, 0.1) is 34.9 Å². The van der Waals surface area contributed by atoms with Crippen LogP contribution in [0.3, 0.4) is 0 Å². The van der Waals surface area contributed by atoms with Gasteiger partial charge in [0.2, 0.25) is 0 Å². The van der Waals surface area contributed by atoms with E-state index < -0.39 is 0 Å². The molecule has 0 spiro atoms. The number of nitriles is 2. The minimum atomic E-state index is -0.333. The third-order valence-corrected chi connectivity index (χ3v) is 3.18. The van der Waals surface area contributed by atoms with Crippen LogP contribution in [-0.2, 0) is 39.0 Å². The molecule has 6 N–H and O–H groups in total. The molecule has 0 amide bonds. The first kappa shape index (κ1) is 42.8. The van der Waals surface area contributed by atoms with Gasteiger partial charge in [-0.25, -0.2) is 9.59 Å². The third kappa shape index (κ3) is 28.3. The van der Waals surface area contributed by atoms with E-state index in [1.807, 2.05) is 72.8 Å². The molecule has 10 nitrogen and oxygen atoms in total. The fourth-order valence-electron chi connectivity index (χ4n) is 2.06. The monoisotopic (exact) mass is 724 g/mol. The first-order valence-electron chi connectivity index (χ1n) is 11.0. The molecule has 40 heavy (non-hydrogen) atoms. The van der Waals surface area contributed by atoms with E-state index in [1.54, 1.807) is 36.9 Å². The molecule has 210 valence electrons. The van der Waals surface area contributed by atoms with E-state index in [0.717, 1.165) is 22.8 Å². The molecule has 0 aromatic carbocycles. The predicted octanol–water partition coefficient (Wildman–Crippen LogP) is 3.81. The molecule has 0 atom stereocenters. The van der Waals surface area contributed by atoms with Gasteiger partial charge >= 0.3 is 50.9 Å². The average Bonchev–Trinajstić information content (AvgIpc) is 2.91. The molecule has 0 unspecified atom stereocenters. The zero-order valence-electron chi connectivity index (χ0n) is 22.5. The minimum Gasteiger partial charge on any atom is -0.524 e. The Kier molecular flexibility index (Phi) is 33.2. The zero-order chi connectivity index (χ0) is 29.0. The Morgan fingerprint density at radius 2 is 0.700 bits per heavy atom. The van der Waals surface area contributed by atoms with Crippen molar-refractivity contribution in [2.75, 3.05) is 0 Å². The summed E-state index contributed by atoms with van der Waals surface area (Å²) in [5, 5.41) is 26.8. The number of aromatic nitrogens is 4. The van der Waals surface area contributed by atoms with Gasteiger partial charge in [-0.1, -0.05) is 24.3 Å².